The Morgan fingerprint density at radius 1 is 0.941 bits per heavy atom. The van der Waals surface area contributed by atoms with Crippen molar-refractivity contribution in [1.29, 1.82) is 5.26 Å². The average Bonchev–Trinajstić information content (AvgIpc) is 2.96. The molecule has 0 radical (unpaired) electrons. The maximum Gasteiger partial charge on any atom is 0.0992 e. The zero-order chi connectivity index (χ0) is 11.7. The quantitative estimate of drug-likeness (QED) is 0.740. The van der Waals surface area contributed by atoms with E-state index >= 15 is 0 Å². The van der Waals surface area contributed by atoms with Crippen molar-refractivity contribution >= 4 is 5.69 Å². The molecule has 2 heteroatoms. The highest BCUT2D eigenvalue weighted by atomic mass is 15.1. The average molecular weight is 222 g/mol. The second-order valence-electron chi connectivity index (χ2n) is 4.55. The molecule has 0 unspecified atom stereocenters. The maximum atomic E-state index is 8.87. The summed E-state index contributed by atoms with van der Waals surface area (Å²) in [6.45, 7) is 2.33. The first-order chi connectivity index (χ1) is 8.36. The van der Waals surface area contributed by atoms with Crippen LogP contribution in [0.2, 0.25) is 0 Å². The van der Waals surface area contributed by atoms with E-state index in [0.29, 0.717) is 0 Å². The Morgan fingerprint density at radius 2 is 1.53 bits per heavy atom. The number of hydrogen-bond donors (Lipinski definition) is 0. The fourth-order valence-corrected chi connectivity index (χ4v) is 2.49. The minimum Gasteiger partial charge on any atom is -0.372 e. The third-order valence-electron chi connectivity index (χ3n) is 3.42. The SMILES string of the molecule is N#Cc1cc2ccc(N3CCCC3)ccc-2c1. The van der Waals surface area contributed by atoms with Crippen LogP contribution in [0.5, 0.6) is 0 Å². The highest BCUT2D eigenvalue weighted by Crippen LogP contribution is 2.28. The van der Waals surface area contributed by atoms with Gasteiger partial charge in [0.2, 0.25) is 0 Å². The van der Waals surface area contributed by atoms with Crippen LogP contribution >= 0.6 is 0 Å². The van der Waals surface area contributed by atoms with Crippen molar-refractivity contribution in [3.8, 4) is 17.2 Å². The van der Waals surface area contributed by atoms with Gasteiger partial charge in [0, 0.05) is 18.8 Å². The van der Waals surface area contributed by atoms with Crippen molar-refractivity contribution in [1.82, 2.24) is 0 Å². The minimum atomic E-state index is 0.744. The van der Waals surface area contributed by atoms with E-state index in [1.165, 1.54) is 18.5 Å². The molecule has 0 aromatic carbocycles. The normalized spacial score (nSPS) is 15.1. The summed E-state index contributed by atoms with van der Waals surface area (Å²) in [5.74, 6) is 0. The summed E-state index contributed by atoms with van der Waals surface area (Å²) in [7, 11) is 0. The first-order valence-electron chi connectivity index (χ1n) is 6.06. The molecule has 1 aliphatic heterocycles. The minimum absolute atomic E-state index is 0.744. The number of hydrogen-bond acceptors (Lipinski definition) is 2. The van der Waals surface area contributed by atoms with Crippen LogP contribution in [0.3, 0.4) is 0 Å². The first-order valence-corrected chi connectivity index (χ1v) is 6.06. The van der Waals surface area contributed by atoms with Crippen LogP contribution in [0.15, 0.2) is 36.4 Å². The lowest BCUT2D eigenvalue weighted by molar-refractivity contribution is 0.949. The van der Waals surface area contributed by atoms with E-state index in [-0.39, 0.29) is 0 Å². The van der Waals surface area contributed by atoms with Gasteiger partial charge in [-0.1, -0.05) is 12.1 Å². The maximum absolute atomic E-state index is 8.87. The summed E-state index contributed by atoms with van der Waals surface area (Å²) in [5, 5.41) is 8.87. The van der Waals surface area contributed by atoms with E-state index in [1.807, 2.05) is 12.1 Å². The second-order valence-corrected chi connectivity index (χ2v) is 4.55. The predicted octanol–water partition coefficient (Wildman–Crippen LogP) is 3.26. The zero-order valence-corrected chi connectivity index (χ0v) is 9.69. The molecule has 0 atom stereocenters. The smallest absolute Gasteiger partial charge is 0.0992 e. The Morgan fingerprint density at radius 3 is 2.06 bits per heavy atom. The number of rotatable bonds is 1. The molecular weight excluding hydrogens is 208 g/mol. The molecule has 1 saturated heterocycles. The van der Waals surface area contributed by atoms with Gasteiger partial charge in [-0.05, 0) is 48.2 Å². The molecule has 0 bridgehead atoms. The third-order valence-corrected chi connectivity index (χ3v) is 3.42. The van der Waals surface area contributed by atoms with Gasteiger partial charge in [-0.3, -0.25) is 0 Å². The zero-order valence-electron chi connectivity index (χ0n) is 9.69. The molecule has 2 aliphatic carbocycles. The lowest BCUT2D eigenvalue weighted by Crippen LogP contribution is -2.16. The molecule has 84 valence electrons. The van der Waals surface area contributed by atoms with Gasteiger partial charge in [0.25, 0.3) is 0 Å². The summed E-state index contributed by atoms with van der Waals surface area (Å²) < 4.78 is 0. The molecule has 0 amide bonds. The summed E-state index contributed by atoms with van der Waals surface area (Å²) >= 11 is 0. The van der Waals surface area contributed by atoms with E-state index in [9.17, 15) is 0 Å². The third kappa shape index (κ3) is 1.85. The van der Waals surface area contributed by atoms with Crippen LogP contribution in [0.4, 0.5) is 5.69 Å². The predicted molar refractivity (Wildman–Crippen MR) is 69.2 cm³/mol. The lowest BCUT2D eigenvalue weighted by Gasteiger charge is -2.15. The summed E-state index contributed by atoms with van der Waals surface area (Å²) in [6.07, 6.45) is 2.59. The summed E-state index contributed by atoms with van der Waals surface area (Å²) in [6, 6.07) is 14.6. The van der Waals surface area contributed by atoms with E-state index in [1.54, 1.807) is 0 Å². The Labute approximate surface area is 101 Å². The van der Waals surface area contributed by atoms with Crippen LogP contribution in [0.25, 0.3) is 11.1 Å². The standard InChI is InChI=1S/C15H14N2/c16-11-12-9-13-3-5-15(6-4-14(13)10-12)17-7-1-2-8-17/h3-6,9-10H,1-2,7-8H2. The van der Waals surface area contributed by atoms with Gasteiger partial charge < -0.3 is 4.90 Å². The fourth-order valence-electron chi connectivity index (χ4n) is 2.49. The van der Waals surface area contributed by atoms with Crippen LogP contribution in [0.1, 0.15) is 18.4 Å². The number of nitriles is 1. The molecule has 1 fully saturated rings. The molecule has 3 rings (SSSR count). The molecule has 0 spiro atoms. The Hall–Kier alpha value is -2.01. The van der Waals surface area contributed by atoms with Crippen molar-refractivity contribution in [3.05, 3.63) is 42.0 Å². The molecule has 17 heavy (non-hydrogen) atoms. The van der Waals surface area contributed by atoms with Crippen LogP contribution in [-0.2, 0) is 0 Å². The van der Waals surface area contributed by atoms with Gasteiger partial charge in [0.15, 0.2) is 0 Å². The van der Waals surface area contributed by atoms with E-state index < -0.39 is 0 Å². The van der Waals surface area contributed by atoms with Gasteiger partial charge >= 0.3 is 0 Å². The van der Waals surface area contributed by atoms with Crippen LogP contribution in [0, 0.1) is 11.3 Å². The summed E-state index contributed by atoms with van der Waals surface area (Å²) in [5.41, 5.74) is 4.32. The van der Waals surface area contributed by atoms with Crippen LogP contribution < -0.4 is 4.90 Å². The molecule has 2 nitrogen and oxygen atoms in total. The second kappa shape index (κ2) is 4.10. The van der Waals surface area contributed by atoms with Crippen molar-refractivity contribution < 1.29 is 0 Å². The van der Waals surface area contributed by atoms with Crippen molar-refractivity contribution in [2.24, 2.45) is 0 Å². The van der Waals surface area contributed by atoms with E-state index in [4.69, 9.17) is 5.26 Å². The Kier molecular flexibility index (Phi) is 2.45. The van der Waals surface area contributed by atoms with E-state index in [0.717, 1.165) is 29.8 Å². The van der Waals surface area contributed by atoms with Crippen molar-refractivity contribution in [2.75, 3.05) is 18.0 Å². The molecule has 0 aromatic heterocycles. The van der Waals surface area contributed by atoms with Gasteiger partial charge in [-0.25, -0.2) is 0 Å². The highest BCUT2D eigenvalue weighted by Gasteiger charge is 2.12. The van der Waals surface area contributed by atoms with Crippen molar-refractivity contribution in [3.63, 3.8) is 0 Å². The molecule has 1 heterocycles. The van der Waals surface area contributed by atoms with Gasteiger partial charge in [-0.2, -0.15) is 5.26 Å². The van der Waals surface area contributed by atoms with Gasteiger partial charge in [-0.15, -0.1) is 0 Å². The number of anilines is 1. The molecular formula is C15H14N2. The van der Waals surface area contributed by atoms with Crippen molar-refractivity contribution in [2.45, 2.75) is 12.8 Å². The number of nitrogens with zero attached hydrogens (tertiary/aromatic N) is 2. The topological polar surface area (TPSA) is 27.0 Å². The number of fused-ring (bicyclic) bond motifs is 1. The van der Waals surface area contributed by atoms with Gasteiger partial charge in [0.1, 0.15) is 0 Å². The fraction of sp³-hybridized carbons (Fsp3) is 0.267. The Balaban J connectivity index is 2.02. The molecule has 3 aliphatic rings. The highest BCUT2D eigenvalue weighted by molar-refractivity contribution is 5.71. The first kappa shape index (κ1) is 10.2. The van der Waals surface area contributed by atoms with E-state index in [2.05, 4.69) is 35.2 Å². The molecule has 0 aromatic rings. The monoisotopic (exact) mass is 222 g/mol. The van der Waals surface area contributed by atoms with Gasteiger partial charge in [0.05, 0.1) is 11.6 Å². The van der Waals surface area contributed by atoms with Crippen LogP contribution in [-0.4, -0.2) is 13.1 Å². The molecule has 0 saturated carbocycles. The summed E-state index contributed by atoms with van der Waals surface area (Å²) in [4.78, 5) is 2.42. The Bertz CT molecular complexity index is 514. The lowest BCUT2D eigenvalue weighted by atomic mass is 10.2. The molecule has 0 N–H and O–H groups in total. The largest absolute Gasteiger partial charge is 0.372 e.